The van der Waals surface area contributed by atoms with Crippen LogP contribution in [0.3, 0.4) is 0 Å². The molecule has 9 rings (SSSR count). The van der Waals surface area contributed by atoms with Crippen molar-refractivity contribution >= 4 is 57.2 Å². The van der Waals surface area contributed by atoms with E-state index in [0.717, 1.165) is 11.4 Å². The summed E-state index contributed by atoms with van der Waals surface area (Å²) in [4.78, 5) is 5.04. The second-order valence-electron chi connectivity index (χ2n) is 15.0. The van der Waals surface area contributed by atoms with Crippen molar-refractivity contribution in [3.8, 4) is 0 Å². The highest BCUT2D eigenvalue weighted by atomic mass is 15.2. The monoisotopic (exact) mass is 656 g/mol. The van der Waals surface area contributed by atoms with Gasteiger partial charge in [0.15, 0.2) is 0 Å². The summed E-state index contributed by atoms with van der Waals surface area (Å²) in [5.41, 5.74) is 16.1. The largest absolute Gasteiger partial charge is 0.311 e. The van der Waals surface area contributed by atoms with E-state index in [4.69, 9.17) is 0 Å². The number of hydrogen-bond donors (Lipinski definition) is 0. The normalized spacial score (nSPS) is 13.4. The minimum Gasteiger partial charge on any atom is -0.311 e. The molecule has 0 unspecified atom stereocenters. The smallest absolute Gasteiger partial charge is 0.252 e. The second kappa shape index (κ2) is 11.9. The Labute approximate surface area is 302 Å². The molecule has 246 valence electrons. The van der Waals surface area contributed by atoms with Crippen LogP contribution < -0.4 is 26.2 Å². The van der Waals surface area contributed by atoms with Crippen LogP contribution in [0.25, 0.3) is 0 Å². The van der Waals surface area contributed by atoms with Gasteiger partial charge in [-0.2, -0.15) is 0 Å². The Hall–Kier alpha value is -5.80. The van der Waals surface area contributed by atoms with Crippen molar-refractivity contribution in [2.24, 2.45) is 0 Å². The summed E-state index contributed by atoms with van der Waals surface area (Å²) in [7, 11) is 0. The van der Waals surface area contributed by atoms with E-state index in [-0.39, 0.29) is 17.5 Å². The quantitative estimate of drug-likeness (QED) is 0.164. The van der Waals surface area contributed by atoms with Crippen LogP contribution in [0.2, 0.25) is 0 Å². The van der Waals surface area contributed by atoms with E-state index in [1.54, 1.807) is 0 Å². The highest BCUT2D eigenvalue weighted by Gasteiger charge is 2.46. The third kappa shape index (κ3) is 4.87. The Morgan fingerprint density at radius 3 is 1.51 bits per heavy atom. The minimum atomic E-state index is -0.273. The van der Waals surface area contributed by atoms with Crippen molar-refractivity contribution in [3.05, 3.63) is 198 Å². The van der Waals surface area contributed by atoms with E-state index in [2.05, 4.69) is 213 Å². The maximum atomic E-state index is 2.54. The Balaban J connectivity index is 1.40. The van der Waals surface area contributed by atoms with Gasteiger partial charge in [0.25, 0.3) is 6.71 Å². The summed E-state index contributed by atoms with van der Waals surface area (Å²) in [6.07, 6.45) is 0. The molecule has 3 heteroatoms. The number of anilines is 6. The maximum Gasteiger partial charge on any atom is 0.252 e. The van der Waals surface area contributed by atoms with Gasteiger partial charge in [-0.15, -0.1) is 0 Å². The number of rotatable bonds is 6. The summed E-state index contributed by atoms with van der Waals surface area (Å²) in [6.45, 7) is 9.51. The molecule has 0 aromatic heterocycles. The Morgan fingerprint density at radius 2 is 0.882 bits per heavy atom. The fraction of sp³-hybridized carbons (Fsp3) is 0.125. The number of para-hydroxylation sites is 3. The van der Waals surface area contributed by atoms with Crippen molar-refractivity contribution in [3.63, 3.8) is 0 Å². The van der Waals surface area contributed by atoms with Gasteiger partial charge in [-0.05, 0) is 81.1 Å². The molecule has 0 N–H and O–H groups in total. The number of fused-ring (bicyclic) bond motifs is 4. The van der Waals surface area contributed by atoms with E-state index in [1.165, 1.54) is 61.4 Å². The summed E-state index contributed by atoms with van der Waals surface area (Å²) in [5, 5.41) is 0. The lowest BCUT2D eigenvalue weighted by molar-refractivity contribution is 0.641. The molecule has 0 saturated carbocycles. The van der Waals surface area contributed by atoms with Crippen LogP contribution in [-0.2, 0) is 10.8 Å². The molecule has 0 spiro atoms. The van der Waals surface area contributed by atoms with E-state index < -0.39 is 0 Å². The predicted octanol–water partition coefficient (Wildman–Crippen LogP) is 10.4. The third-order valence-electron chi connectivity index (χ3n) is 11.4. The first kappa shape index (κ1) is 31.2. The lowest BCUT2D eigenvalue weighted by Gasteiger charge is -2.46. The zero-order valence-electron chi connectivity index (χ0n) is 29.7. The highest BCUT2D eigenvalue weighted by molar-refractivity contribution is 7.00. The number of hydrogen-bond acceptors (Lipinski definition) is 2. The lowest BCUT2D eigenvalue weighted by atomic mass is 9.33. The first-order chi connectivity index (χ1) is 24.9. The summed E-state index contributed by atoms with van der Waals surface area (Å²) in [5.74, 6) is 0. The maximum absolute atomic E-state index is 2.54. The van der Waals surface area contributed by atoms with Gasteiger partial charge < -0.3 is 9.80 Å². The van der Waals surface area contributed by atoms with Crippen LogP contribution in [0.15, 0.2) is 176 Å². The van der Waals surface area contributed by atoms with E-state index in [1.807, 2.05) is 0 Å². The van der Waals surface area contributed by atoms with Crippen molar-refractivity contribution in [1.29, 1.82) is 0 Å². The standard InChI is InChI=1S/C48H41BN2/c1-47(2,34-19-9-5-10-20-34)36-29-31-43-41(33-36)49-40-27-17-18-28-42(40)51(38-25-15-8-16-26-38)46-39(48(3,4)35-21-11-6-12-22-35)30-32-44(45(46)49)50(43)37-23-13-7-14-24-37/h5-33H,1-4H3. The van der Waals surface area contributed by atoms with Crippen LogP contribution in [0.5, 0.6) is 0 Å². The zero-order chi connectivity index (χ0) is 34.7. The predicted molar refractivity (Wildman–Crippen MR) is 218 cm³/mol. The van der Waals surface area contributed by atoms with Gasteiger partial charge >= 0.3 is 0 Å². The Kier molecular flexibility index (Phi) is 7.29. The van der Waals surface area contributed by atoms with Gasteiger partial charge in [-0.1, -0.05) is 161 Å². The van der Waals surface area contributed by atoms with Gasteiger partial charge in [-0.3, -0.25) is 0 Å². The number of benzene rings is 7. The summed E-state index contributed by atoms with van der Waals surface area (Å²) in [6, 6.07) is 64.9. The molecule has 0 radical (unpaired) electrons. The molecule has 2 nitrogen and oxygen atoms in total. The van der Waals surface area contributed by atoms with E-state index in [9.17, 15) is 0 Å². The molecule has 0 amide bonds. The molecule has 0 saturated heterocycles. The average Bonchev–Trinajstić information content (AvgIpc) is 3.18. The van der Waals surface area contributed by atoms with E-state index in [0.29, 0.717) is 0 Å². The first-order valence-electron chi connectivity index (χ1n) is 18.1. The van der Waals surface area contributed by atoms with E-state index >= 15 is 0 Å². The molecule has 0 bridgehead atoms. The molecule has 0 aliphatic carbocycles. The van der Waals surface area contributed by atoms with Crippen LogP contribution in [-0.4, -0.2) is 6.71 Å². The van der Waals surface area contributed by atoms with Gasteiger partial charge in [-0.25, -0.2) is 0 Å². The molecular formula is C48H41BN2. The fourth-order valence-corrected chi connectivity index (χ4v) is 8.60. The van der Waals surface area contributed by atoms with Gasteiger partial charge in [0.2, 0.25) is 0 Å². The molecule has 51 heavy (non-hydrogen) atoms. The fourth-order valence-electron chi connectivity index (χ4n) is 8.60. The molecule has 2 heterocycles. The van der Waals surface area contributed by atoms with Crippen molar-refractivity contribution in [2.75, 3.05) is 9.80 Å². The van der Waals surface area contributed by atoms with Crippen LogP contribution in [0, 0.1) is 0 Å². The van der Waals surface area contributed by atoms with Crippen molar-refractivity contribution in [1.82, 2.24) is 0 Å². The van der Waals surface area contributed by atoms with Gasteiger partial charge in [0.1, 0.15) is 0 Å². The second-order valence-corrected chi connectivity index (χ2v) is 15.0. The number of nitrogens with zero attached hydrogens (tertiary/aromatic N) is 2. The summed E-state index contributed by atoms with van der Waals surface area (Å²) < 4.78 is 0. The molecular weight excluding hydrogens is 615 g/mol. The Bertz CT molecular complexity index is 2370. The van der Waals surface area contributed by atoms with Gasteiger partial charge in [0, 0.05) is 45.0 Å². The third-order valence-corrected chi connectivity index (χ3v) is 11.4. The van der Waals surface area contributed by atoms with Crippen LogP contribution in [0.4, 0.5) is 34.1 Å². The molecule has 0 atom stereocenters. The van der Waals surface area contributed by atoms with Gasteiger partial charge in [0.05, 0.1) is 0 Å². The zero-order valence-corrected chi connectivity index (χ0v) is 29.7. The van der Waals surface area contributed by atoms with Crippen molar-refractivity contribution < 1.29 is 0 Å². The summed E-state index contributed by atoms with van der Waals surface area (Å²) >= 11 is 0. The van der Waals surface area contributed by atoms with Crippen LogP contribution >= 0.6 is 0 Å². The molecule has 7 aromatic carbocycles. The van der Waals surface area contributed by atoms with Crippen molar-refractivity contribution in [2.45, 2.75) is 38.5 Å². The lowest BCUT2D eigenvalue weighted by Crippen LogP contribution is -2.62. The Morgan fingerprint density at radius 1 is 0.392 bits per heavy atom. The molecule has 7 aromatic rings. The minimum absolute atomic E-state index is 0.0409. The topological polar surface area (TPSA) is 6.48 Å². The van der Waals surface area contributed by atoms with Crippen LogP contribution in [0.1, 0.15) is 49.9 Å². The average molecular weight is 657 g/mol. The molecule has 0 fully saturated rings. The molecule has 2 aliphatic rings. The first-order valence-corrected chi connectivity index (χ1v) is 18.1. The molecule has 2 aliphatic heterocycles. The highest BCUT2D eigenvalue weighted by Crippen LogP contribution is 2.49. The SMILES string of the molecule is CC(C)(c1ccccc1)c1ccc2c(c1)B1c3ccccc3N(c3ccccc3)c3c(C(C)(C)c4ccccc4)ccc(c31)N2c1ccccc1.